The van der Waals surface area contributed by atoms with Crippen LogP contribution in [0.1, 0.15) is 6.92 Å². The summed E-state index contributed by atoms with van der Waals surface area (Å²) in [6.45, 7) is 4.50. The van der Waals surface area contributed by atoms with Crippen molar-refractivity contribution in [3.63, 3.8) is 0 Å². The summed E-state index contributed by atoms with van der Waals surface area (Å²) >= 11 is 0. The molecule has 0 rings (SSSR count). The van der Waals surface area contributed by atoms with Gasteiger partial charge in [-0.3, -0.25) is 4.79 Å². The Morgan fingerprint density at radius 3 is 2.50 bits per heavy atom. The molecule has 0 saturated carbocycles. The molecule has 16 heavy (non-hydrogen) atoms. The molecule has 0 saturated heterocycles. The summed E-state index contributed by atoms with van der Waals surface area (Å²) < 4.78 is 5.48. The van der Waals surface area contributed by atoms with Gasteiger partial charge in [0, 0.05) is 0 Å². The van der Waals surface area contributed by atoms with Gasteiger partial charge in [-0.2, -0.15) is 0 Å². The summed E-state index contributed by atoms with van der Waals surface area (Å²) in [5.74, 6) is -1.46. The van der Waals surface area contributed by atoms with Gasteiger partial charge in [0.05, 0.1) is 5.57 Å². The number of esters is 1. The quantitative estimate of drug-likeness (QED) is 0.175. The monoisotopic (exact) mass is 243 g/mol. The number of carbonyl (C=O) groups excluding carboxylic acids is 2. The highest BCUT2D eigenvalue weighted by atomic mass is 28.2. The Hall–Kier alpha value is -1.89. The van der Waals surface area contributed by atoms with Gasteiger partial charge in [-0.15, -0.1) is 0 Å². The van der Waals surface area contributed by atoms with Crippen LogP contribution in [0.4, 0.5) is 4.79 Å². The minimum atomic E-state index is -1.18. The lowest BCUT2D eigenvalue weighted by Crippen LogP contribution is -2.31. The van der Waals surface area contributed by atoms with Crippen molar-refractivity contribution in [2.75, 3.05) is 6.73 Å². The predicted molar refractivity (Wildman–Crippen MR) is 59.7 cm³/mol. The summed E-state index contributed by atoms with van der Waals surface area (Å²) in [5, 5.41) is 8.50. The molecule has 0 aromatic rings. The smallest absolute Gasteiger partial charge is 0.401 e. The van der Waals surface area contributed by atoms with Crippen LogP contribution in [-0.2, 0) is 14.3 Å². The fourth-order valence-electron chi connectivity index (χ4n) is 0.650. The molecule has 0 heterocycles. The van der Waals surface area contributed by atoms with Gasteiger partial charge in [-0.1, -0.05) is 12.7 Å². The average molecular weight is 243 g/mol. The fourth-order valence-corrected chi connectivity index (χ4v) is 0.779. The maximum atomic E-state index is 11.2. The van der Waals surface area contributed by atoms with Crippen LogP contribution >= 0.6 is 0 Å². The van der Waals surface area contributed by atoms with Gasteiger partial charge >= 0.3 is 12.1 Å². The second-order valence-electron chi connectivity index (χ2n) is 2.88. The number of ether oxygens (including phenoxy) is 1. The first-order valence-electron chi connectivity index (χ1n) is 4.37. The van der Waals surface area contributed by atoms with Crippen LogP contribution in [0, 0.1) is 0 Å². The molecule has 6 nitrogen and oxygen atoms in total. The number of nitrogens with zero attached hydrogens (tertiary/aromatic N) is 1. The van der Waals surface area contributed by atoms with E-state index in [2.05, 4.69) is 11.3 Å². The molecule has 0 unspecified atom stereocenters. The normalized spacial score (nSPS) is 10.1. The molecular formula is C9H13NO5Si. The first-order valence-corrected chi connectivity index (χ1v) is 5.26. The Morgan fingerprint density at radius 1 is 1.50 bits per heavy atom. The molecule has 0 aliphatic rings. The van der Waals surface area contributed by atoms with E-state index in [0.717, 1.165) is 4.57 Å². The van der Waals surface area contributed by atoms with Gasteiger partial charge in [-0.05, 0) is 13.0 Å². The van der Waals surface area contributed by atoms with Crippen molar-refractivity contribution < 1.29 is 24.2 Å². The summed E-state index contributed by atoms with van der Waals surface area (Å²) in [7, 11) is 0.201. The molecule has 0 bridgehead atoms. The highest BCUT2D eigenvalue weighted by Crippen LogP contribution is 1.99. The Kier molecular flexibility index (Phi) is 5.79. The lowest BCUT2D eigenvalue weighted by Gasteiger charge is -2.13. The van der Waals surface area contributed by atoms with E-state index in [9.17, 15) is 14.4 Å². The van der Waals surface area contributed by atoms with Crippen molar-refractivity contribution in [2.45, 2.75) is 6.92 Å². The minimum Gasteiger partial charge on any atom is -0.465 e. The van der Waals surface area contributed by atoms with Crippen LogP contribution in [0.25, 0.3) is 0 Å². The molecule has 7 heteroatoms. The van der Waals surface area contributed by atoms with Gasteiger partial charge in [0.2, 0.25) is 0 Å². The van der Waals surface area contributed by atoms with Crippen molar-refractivity contribution in [2.24, 2.45) is 0 Å². The highest BCUT2D eigenvalue weighted by Gasteiger charge is 2.16. The largest absolute Gasteiger partial charge is 0.465 e. The third-order valence-electron chi connectivity index (χ3n) is 1.58. The maximum absolute atomic E-state index is 11.2. The highest BCUT2D eigenvalue weighted by molar-refractivity contribution is 6.21. The first-order chi connectivity index (χ1) is 7.40. The number of rotatable bonds is 5. The molecule has 0 aliphatic carbocycles. The molecule has 0 fully saturated rings. The van der Waals surface area contributed by atoms with E-state index in [0.29, 0.717) is 0 Å². The van der Waals surface area contributed by atoms with Crippen molar-refractivity contribution >= 4 is 28.2 Å². The lowest BCUT2D eigenvalue weighted by atomic mass is 10.2. The van der Waals surface area contributed by atoms with Gasteiger partial charge in [0.15, 0.2) is 12.5 Å². The molecule has 0 aliphatic heterocycles. The zero-order valence-corrected chi connectivity index (χ0v) is 11.1. The standard InChI is InChI=1S/C9H13NO5Si/c1-3-4-7(11)6(2)8(12)15-5-10(16)9(13)14/h3-4H,2,5H2,1,16H3,(H,13,14). The van der Waals surface area contributed by atoms with Crippen LogP contribution in [0.3, 0.4) is 0 Å². The van der Waals surface area contributed by atoms with E-state index in [-0.39, 0.29) is 22.7 Å². The molecular weight excluding hydrogens is 230 g/mol. The van der Waals surface area contributed by atoms with Gasteiger partial charge < -0.3 is 14.4 Å². The van der Waals surface area contributed by atoms with Crippen molar-refractivity contribution in [1.29, 1.82) is 0 Å². The van der Waals surface area contributed by atoms with Crippen molar-refractivity contribution in [3.05, 3.63) is 24.3 Å². The number of allylic oxidation sites excluding steroid dienone is 2. The summed E-state index contributed by atoms with van der Waals surface area (Å²) in [6.07, 6.45) is 1.47. The van der Waals surface area contributed by atoms with Crippen LogP contribution in [0.2, 0.25) is 0 Å². The zero-order valence-electron chi connectivity index (χ0n) is 9.10. The lowest BCUT2D eigenvalue weighted by molar-refractivity contribution is -0.142. The van der Waals surface area contributed by atoms with E-state index in [4.69, 9.17) is 5.11 Å². The number of hydrogen-bond donors (Lipinski definition) is 1. The van der Waals surface area contributed by atoms with Crippen molar-refractivity contribution in [1.82, 2.24) is 4.57 Å². The summed E-state index contributed by atoms with van der Waals surface area (Å²) in [6, 6.07) is 0. The molecule has 0 aromatic heterocycles. The van der Waals surface area contributed by atoms with Gasteiger partial charge in [0.1, 0.15) is 10.4 Å². The third-order valence-corrected chi connectivity index (χ3v) is 2.22. The number of carboxylic acid groups (broad SMARTS) is 1. The zero-order chi connectivity index (χ0) is 12.7. The molecule has 88 valence electrons. The Morgan fingerprint density at radius 2 is 2.06 bits per heavy atom. The number of hydrogen-bond acceptors (Lipinski definition) is 4. The van der Waals surface area contributed by atoms with E-state index in [1.165, 1.54) is 12.2 Å². The molecule has 0 atom stereocenters. The second-order valence-corrected chi connectivity index (χ2v) is 3.96. The second kappa shape index (κ2) is 6.56. The molecule has 1 amide bonds. The summed E-state index contributed by atoms with van der Waals surface area (Å²) in [4.78, 5) is 32.7. The van der Waals surface area contributed by atoms with E-state index in [1.54, 1.807) is 6.92 Å². The van der Waals surface area contributed by atoms with Crippen LogP contribution in [0.5, 0.6) is 0 Å². The van der Waals surface area contributed by atoms with E-state index >= 15 is 0 Å². The first kappa shape index (κ1) is 14.1. The Balaban J connectivity index is 4.22. The van der Waals surface area contributed by atoms with Crippen molar-refractivity contribution in [3.8, 4) is 0 Å². The average Bonchev–Trinajstić information content (AvgIpc) is 2.24. The van der Waals surface area contributed by atoms with Crippen LogP contribution < -0.4 is 0 Å². The molecule has 0 aromatic carbocycles. The van der Waals surface area contributed by atoms with Gasteiger partial charge in [-0.25, -0.2) is 9.59 Å². The number of carbonyl (C=O) groups is 3. The molecule has 1 N–H and O–H groups in total. The van der Waals surface area contributed by atoms with E-state index in [1.807, 2.05) is 0 Å². The predicted octanol–water partition coefficient (Wildman–Crippen LogP) is -0.551. The number of ketones is 1. The van der Waals surface area contributed by atoms with Crippen LogP contribution in [-0.4, -0.2) is 44.7 Å². The maximum Gasteiger partial charge on any atom is 0.401 e. The minimum absolute atomic E-state index is 0.201. The Labute approximate surface area is 95.7 Å². The van der Waals surface area contributed by atoms with E-state index < -0.39 is 17.8 Å². The molecule has 0 radical (unpaired) electrons. The summed E-state index contributed by atoms with van der Waals surface area (Å²) in [5.41, 5.74) is -0.321. The SMILES string of the molecule is C=C(C(=O)C=CC)C(=O)OCN([SiH3])C(=O)O. The molecule has 0 spiro atoms. The third kappa shape index (κ3) is 4.56. The van der Waals surface area contributed by atoms with Crippen LogP contribution in [0.15, 0.2) is 24.3 Å². The van der Waals surface area contributed by atoms with Gasteiger partial charge in [0.25, 0.3) is 0 Å². The number of amides is 1. The Bertz CT molecular complexity index is 350. The topological polar surface area (TPSA) is 83.9 Å². The fraction of sp³-hybridized carbons (Fsp3) is 0.222.